The number of hydrogen-bond donors (Lipinski definition) is 1. The number of carbonyl (C=O) groups excluding carboxylic acids is 3. The SMILES string of the molecule is CC1CCN(C(=O)CCN2C(=O)NC3(CCCC3)C2=O)c2cc(Cl)ccc2S1. The number of rotatable bonds is 3. The number of thioether (sulfide) groups is 1. The molecule has 28 heavy (non-hydrogen) atoms. The van der Waals surface area contributed by atoms with Crippen LogP contribution in [0.4, 0.5) is 10.5 Å². The van der Waals surface area contributed by atoms with Gasteiger partial charge in [0.2, 0.25) is 5.91 Å². The van der Waals surface area contributed by atoms with Gasteiger partial charge >= 0.3 is 6.03 Å². The molecule has 150 valence electrons. The number of halogens is 1. The number of fused-ring (bicyclic) bond motifs is 1. The monoisotopic (exact) mass is 421 g/mol. The Kier molecular flexibility index (Phi) is 5.31. The topological polar surface area (TPSA) is 69.7 Å². The van der Waals surface area contributed by atoms with Gasteiger partial charge in [0.1, 0.15) is 5.54 Å². The predicted octanol–water partition coefficient (Wildman–Crippen LogP) is 3.81. The summed E-state index contributed by atoms with van der Waals surface area (Å²) in [5.74, 6) is -0.266. The summed E-state index contributed by atoms with van der Waals surface area (Å²) in [5, 5.41) is 3.84. The van der Waals surface area contributed by atoms with Gasteiger partial charge in [-0.15, -0.1) is 11.8 Å². The maximum Gasteiger partial charge on any atom is 0.325 e. The molecule has 6 nitrogen and oxygen atoms in total. The molecule has 0 radical (unpaired) electrons. The average Bonchev–Trinajstić information content (AvgIpc) is 3.16. The van der Waals surface area contributed by atoms with Gasteiger partial charge in [0.05, 0.1) is 5.69 Å². The first-order valence-electron chi connectivity index (χ1n) is 9.80. The number of imide groups is 1. The fourth-order valence-corrected chi connectivity index (χ4v) is 5.57. The van der Waals surface area contributed by atoms with Crippen LogP contribution in [-0.4, -0.2) is 46.6 Å². The van der Waals surface area contributed by atoms with E-state index in [0.29, 0.717) is 29.7 Å². The van der Waals surface area contributed by atoms with Crippen molar-refractivity contribution in [3.8, 4) is 0 Å². The van der Waals surface area contributed by atoms with Gasteiger partial charge in [0.15, 0.2) is 0 Å². The third-order valence-electron chi connectivity index (χ3n) is 5.85. The van der Waals surface area contributed by atoms with E-state index in [0.717, 1.165) is 29.8 Å². The van der Waals surface area contributed by atoms with Crippen molar-refractivity contribution in [2.24, 2.45) is 0 Å². The van der Waals surface area contributed by atoms with E-state index in [-0.39, 0.29) is 30.8 Å². The Labute approximate surface area is 174 Å². The molecule has 4 amide bonds. The molecule has 8 heteroatoms. The van der Waals surface area contributed by atoms with E-state index in [1.807, 2.05) is 18.2 Å². The molecule has 1 aromatic rings. The fraction of sp³-hybridized carbons (Fsp3) is 0.550. The Hall–Kier alpha value is -1.73. The highest BCUT2D eigenvalue weighted by molar-refractivity contribution is 8.00. The van der Waals surface area contributed by atoms with Crippen LogP contribution in [0.1, 0.15) is 45.4 Å². The molecule has 1 saturated carbocycles. The maximum absolute atomic E-state index is 13.0. The van der Waals surface area contributed by atoms with Gasteiger partial charge in [-0.2, -0.15) is 0 Å². The second-order valence-corrected chi connectivity index (χ2v) is 9.72. The van der Waals surface area contributed by atoms with E-state index >= 15 is 0 Å². The molecular formula is C20H24ClN3O3S. The van der Waals surface area contributed by atoms with Crippen molar-refractivity contribution >= 4 is 46.9 Å². The first-order valence-corrected chi connectivity index (χ1v) is 11.1. The van der Waals surface area contributed by atoms with Crippen molar-refractivity contribution in [1.29, 1.82) is 0 Å². The van der Waals surface area contributed by atoms with Crippen molar-refractivity contribution in [3.63, 3.8) is 0 Å². The minimum Gasteiger partial charge on any atom is -0.323 e. The molecule has 1 atom stereocenters. The number of anilines is 1. The molecule has 0 bridgehead atoms. The number of amides is 4. The average molecular weight is 422 g/mol. The normalized spacial score (nSPS) is 23.7. The molecule has 2 fully saturated rings. The highest BCUT2D eigenvalue weighted by Crippen LogP contribution is 2.39. The smallest absolute Gasteiger partial charge is 0.323 e. The molecule has 0 aromatic heterocycles. The molecule has 1 spiro atoms. The van der Waals surface area contributed by atoms with Gasteiger partial charge in [0, 0.05) is 34.7 Å². The summed E-state index contributed by atoms with van der Waals surface area (Å²) in [7, 11) is 0. The Balaban J connectivity index is 1.48. The first-order chi connectivity index (χ1) is 13.4. The second-order valence-electron chi connectivity index (χ2n) is 7.80. The minimum atomic E-state index is -0.727. The lowest BCUT2D eigenvalue weighted by Crippen LogP contribution is -2.44. The van der Waals surface area contributed by atoms with Crippen molar-refractivity contribution in [2.75, 3.05) is 18.0 Å². The van der Waals surface area contributed by atoms with E-state index in [1.54, 1.807) is 16.7 Å². The molecule has 1 saturated heterocycles. The number of urea groups is 1. The Morgan fingerprint density at radius 2 is 2.07 bits per heavy atom. The van der Waals surface area contributed by atoms with Crippen molar-refractivity contribution in [3.05, 3.63) is 23.2 Å². The van der Waals surface area contributed by atoms with Crippen molar-refractivity contribution in [2.45, 2.75) is 61.1 Å². The van der Waals surface area contributed by atoms with Crippen LogP contribution < -0.4 is 10.2 Å². The van der Waals surface area contributed by atoms with E-state index in [9.17, 15) is 14.4 Å². The van der Waals surface area contributed by atoms with Crippen LogP contribution in [0.15, 0.2) is 23.1 Å². The molecule has 3 aliphatic rings. The Morgan fingerprint density at radius 1 is 1.32 bits per heavy atom. The van der Waals surface area contributed by atoms with Crippen molar-refractivity contribution in [1.82, 2.24) is 10.2 Å². The largest absolute Gasteiger partial charge is 0.325 e. The minimum absolute atomic E-state index is 0.0915. The van der Waals surface area contributed by atoms with E-state index in [2.05, 4.69) is 12.2 Å². The molecule has 1 N–H and O–H groups in total. The summed E-state index contributed by atoms with van der Waals surface area (Å²) in [4.78, 5) is 42.1. The van der Waals surface area contributed by atoms with Gasteiger partial charge < -0.3 is 10.2 Å². The molecule has 4 rings (SSSR count). The third-order valence-corrected chi connectivity index (χ3v) is 7.32. The van der Waals surface area contributed by atoms with E-state index < -0.39 is 5.54 Å². The van der Waals surface area contributed by atoms with Crippen LogP contribution in [0, 0.1) is 0 Å². The molecule has 2 aliphatic heterocycles. The zero-order valence-corrected chi connectivity index (χ0v) is 17.4. The van der Waals surface area contributed by atoms with Crippen LogP contribution in [0.25, 0.3) is 0 Å². The van der Waals surface area contributed by atoms with Gasteiger partial charge in [-0.25, -0.2) is 4.79 Å². The van der Waals surface area contributed by atoms with E-state index in [4.69, 9.17) is 11.6 Å². The second kappa shape index (κ2) is 7.59. The molecule has 1 aliphatic carbocycles. The lowest BCUT2D eigenvalue weighted by Gasteiger charge is -2.24. The van der Waals surface area contributed by atoms with Crippen LogP contribution in [-0.2, 0) is 9.59 Å². The number of nitrogens with zero attached hydrogens (tertiary/aromatic N) is 2. The summed E-state index contributed by atoms with van der Waals surface area (Å²) >= 11 is 7.91. The highest BCUT2D eigenvalue weighted by Gasteiger charge is 2.52. The molecular weight excluding hydrogens is 398 g/mol. The lowest BCUT2D eigenvalue weighted by molar-refractivity contribution is -0.131. The number of nitrogens with one attached hydrogen (secondary N) is 1. The standard InChI is InChI=1S/C20H24ClN3O3S/c1-13-6-10-23(15-12-14(21)4-5-16(15)28-13)17(25)7-11-24-18(26)20(22-19(24)27)8-2-3-9-20/h4-5,12-13H,2-3,6-11H2,1H3,(H,22,27). The number of carbonyl (C=O) groups is 3. The number of hydrogen-bond acceptors (Lipinski definition) is 4. The van der Waals surface area contributed by atoms with Gasteiger partial charge in [-0.1, -0.05) is 31.4 Å². The molecule has 1 unspecified atom stereocenters. The zero-order valence-electron chi connectivity index (χ0n) is 15.9. The quantitative estimate of drug-likeness (QED) is 0.753. The van der Waals surface area contributed by atoms with Crippen LogP contribution >= 0.6 is 23.4 Å². The lowest BCUT2D eigenvalue weighted by atomic mass is 9.98. The van der Waals surface area contributed by atoms with E-state index in [1.165, 1.54) is 4.90 Å². The van der Waals surface area contributed by atoms with Gasteiger partial charge in [0.25, 0.3) is 5.91 Å². The first kappa shape index (κ1) is 19.6. The molecule has 2 heterocycles. The third kappa shape index (κ3) is 3.50. The van der Waals surface area contributed by atoms with Crippen molar-refractivity contribution < 1.29 is 14.4 Å². The highest BCUT2D eigenvalue weighted by atomic mass is 35.5. The summed E-state index contributed by atoms with van der Waals surface area (Å²) in [6.45, 7) is 2.86. The molecule has 1 aromatic carbocycles. The Bertz CT molecular complexity index is 825. The van der Waals surface area contributed by atoms with Gasteiger partial charge in [-0.05, 0) is 37.5 Å². The number of benzene rings is 1. The summed E-state index contributed by atoms with van der Waals surface area (Å²) in [6.07, 6.45) is 4.25. The predicted molar refractivity (Wildman–Crippen MR) is 110 cm³/mol. The zero-order chi connectivity index (χ0) is 19.9. The summed E-state index contributed by atoms with van der Waals surface area (Å²) in [6, 6.07) is 5.23. The van der Waals surface area contributed by atoms with Crippen LogP contribution in [0.3, 0.4) is 0 Å². The Morgan fingerprint density at radius 3 is 2.82 bits per heavy atom. The summed E-state index contributed by atoms with van der Waals surface area (Å²) < 4.78 is 0. The maximum atomic E-state index is 13.0. The van der Waals surface area contributed by atoms with Crippen LogP contribution in [0.2, 0.25) is 5.02 Å². The van der Waals surface area contributed by atoms with Gasteiger partial charge in [-0.3, -0.25) is 14.5 Å². The fourth-order valence-electron chi connectivity index (χ4n) is 4.31. The van der Waals surface area contributed by atoms with Crippen LogP contribution in [0.5, 0.6) is 0 Å². The summed E-state index contributed by atoms with van der Waals surface area (Å²) in [5.41, 5.74) is 0.0888.